The van der Waals surface area contributed by atoms with Crippen LogP contribution in [0.2, 0.25) is 0 Å². The average molecular weight is 245 g/mol. The summed E-state index contributed by atoms with van der Waals surface area (Å²) in [7, 11) is 0. The number of nitrogens with one attached hydrogen (secondary N) is 2. The van der Waals surface area contributed by atoms with Crippen molar-refractivity contribution in [3.05, 3.63) is 36.5 Å². The zero-order valence-electron chi connectivity index (χ0n) is 10.1. The number of rotatable bonds is 5. The molecule has 5 heteroatoms. The smallest absolute Gasteiger partial charge is 0.250 e. The van der Waals surface area contributed by atoms with Gasteiger partial charge in [-0.3, -0.25) is 9.89 Å². The van der Waals surface area contributed by atoms with E-state index in [2.05, 4.69) is 15.5 Å². The van der Waals surface area contributed by atoms with Crippen LogP contribution >= 0.6 is 0 Å². The monoisotopic (exact) mass is 245 g/mol. The Morgan fingerprint density at radius 2 is 2.33 bits per heavy atom. The molecule has 1 aromatic heterocycles. The number of anilines is 1. The number of carbonyl (C=O) groups excluding carboxylic acids is 1. The van der Waals surface area contributed by atoms with Crippen molar-refractivity contribution in [1.82, 2.24) is 10.2 Å². The molecule has 0 unspecified atom stereocenters. The number of nitrogens with zero attached hydrogens (tertiary/aromatic N) is 1. The van der Waals surface area contributed by atoms with E-state index < -0.39 is 0 Å². The molecule has 2 rings (SSSR count). The molecule has 0 saturated heterocycles. The van der Waals surface area contributed by atoms with Crippen molar-refractivity contribution in [1.29, 1.82) is 0 Å². The third-order valence-corrected chi connectivity index (χ3v) is 2.40. The van der Waals surface area contributed by atoms with Gasteiger partial charge in [-0.15, -0.1) is 0 Å². The van der Waals surface area contributed by atoms with Gasteiger partial charge in [-0.05, 0) is 25.1 Å². The first-order valence-electron chi connectivity index (χ1n) is 5.77. The van der Waals surface area contributed by atoms with E-state index in [1.165, 1.54) is 0 Å². The summed E-state index contributed by atoms with van der Waals surface area (Å²) in [5, 5.41) is 9.56. The number of amides is 1. The molecule has 0 bridgehead atoms. The van der Waals surface area contributed by atoms with Gasteiger partial charge in [0.1, 0.15) is 6.61 Å². The Kier molecular flexibility index (Phi) is 4.09. The van der Waals surface area contributed by atoms with Crippen LogP contribution in [0.5, 0.6) is 0 Å². The normalized spacial score (nSPS) is 10.3. The molecular formula is C13H15N3O2. The van der Waals surface area contributed by atoms with E-state index in [1.807, 2.05) is 37.3 Å². The molecule has 0 aliphatic heterocycles. The summed E-state index contributed by atoms with van der Waals surface area (Å²) in [6, 6.07) is 9.43. The fourth-order valence-corrected chi connectivity index (χ4v) is 1.57. The molecule has 0 aliphatic carbocycles. The second kappa shape index (κ2) is 5.97. The molecule has 1 heterocycles. The third-order valence-electron chi connectivity index (χ3n) is 2.40. The van der Waals surface area contributed by atoms with Crippen LogP contribution in [0.25, 0.3) is 11.3 Å². The van der Waals surface area contributed by atoms with E-state index in [9.17, 15) is 4.79 Å². The number of H-pyrrole nitrogens is 1. The highest BCUT2D eigenvalue weighted by atomic mass is 16.5. The molecule has 5 nitrogen and oxygen atoms in total. The van der Waals surface area contributed by atoms with Crippen LogP contribution in [0.4, 0.5) is 5.69 Å². The summed E-state index contributed by atoms with van der Waals surface area (Å²) in [5.41, 5.74) is 2.63. The highest BCUT2D eigenvalue weighted by molar-refractivity contribution is 5.92. The topological polar surface area (TPSA) is 67.0 Å². The van der Waals surface area contributed by atoms with Crippen LogP contribution in [0.1, 0.15) is 6.92 Å². The third kappa shape index (κ3) is 3.18. The lowest BCUT2D eigenvalue weighted by Crippen LogP contribution is -2.18. The zero-order chi connectivity index (χ0) is 12.8. The van der Waals surface area contributed by atoms with Gasteiger partial charge < -0.3 is 10.1 Å². The number of hydrogen-bond acceptors (Lipinski definition) is 3. The quantitative estimate of drug-likeness (QED) is 0.847. The van der Waals surface area contributed by atoms with Gasteiger partial charge in [-0.2, -0.15) is 5.10 Å². The van der Waals surface area contributed by atoms with Gasteiger partial charge in [0.25, 0.3) is 0 Å². The highest BCUT2D eigenvalue weighted by Gasteiger charge is 2.04. The second-order valence-electron chi connectivity index (χ2n) is 3.74. The zero-order valence-corrected chi connectivity index (χ0v) is 10.1. The van der Waals surface area contributed by atoms with Crippen LogP contribution in [0.3, 0.4) is 0 Å². The Balaban J connectivity index is 2.06. The maximum atomic E-state index is 11.5. The van der Waals surface area contributed by atoms with E-state index in [-0.39, 0.29) is 12.5 Å². The van der Waals surface area contributed by atoms with Gasteiger partial charge in [0.2, 0.25) is 5.91 Å². The summed E-state index contributed by atoms with van der Waals surface area (Å²) in [5.74, 6) is -0.154. The Labute approximate surface area is 105 Å². The SMILES string of the molecule is CCOCC(=O)Nc1cccc(-c2ccn[nH]2)c1. The predicted molar refractivity (Wildman–Crippen MR) is 69.1 cm³/mol. The van der Waals surface area contributed by atoms with Crippen LogP contribution < -0.4 is 5.32 Å². The van der Waals surface area contributed by atoms with Gasteiger partial charge in [-0.25, -0.2) is 0 Å². The van der Waals surface area contributed by atoms with Crippen LogP contribution in [0.15, 0.2) is 36.5 Å². The van der Waals surface area contributed by atoms with E-state index in [4.69, 9.17) is 4.74 Å². The van der Waals surface area contributed by atoms with Crippen molar-refractivity contribution in [2.24, 2.45) is 0 Å². The van der Waals surface area contributed by atoms with Gasteiger partial charge in [0.05, 0.1) is 5.69 Å². The van der Waals surface area contributed by atoms with Crippen molar-refractivity contribution in [3.8, 4) is 11.3 Å². The maximum absolute atomic E-state index is 11.5. The van der Waals surface area contributed by atoms with E-state index in [0.29, 0.717) is 6.61 Å². The molecule has 0 atom stereocenters. The summed E-state index contributed by atoms with van der Waals surface area (Å²) in [4.78, 5) is 11.5. The fraction of sp³-hybridized carbons (Fsp3) is 0.231. The number of aromatic nitrogens is 2. The minimum Gasteiger partial charge on any atom is -0.372 e. The standard InChI is InChI=1S/C13H15N3O2/c1-2-18-9-13(17)15-11-5-3-4-10(8-11)12-6-7-14-16-12/h3-8H,2,9H2,1H3,(H,14,16)(H,15,17). The largest absolute Gasteiger partial charge is 0.372 e. The predicted octanol–water partition coefficient (Wildman–Crippen LogP) is 2.05. The number of benzene rings is 1. The average Bonchev–Trinajstić information content (AvgIpc) is 2.90. The number of aromatic amines is 1. The van der Waals surface area contributed by atoms with Crippen molar-refractivity contribution >= 4 is 11.6 Å². The van der Waals surface area contributed by atoms with E-state index in [1.54, 1.807) is 6.20 Å². The highest BCUT2D eigenvalue weighted by Crippen LogP contribution is 2.20. The van der Waals surface area contributed by atoms with Crippen LogP contribution in [0, 0.1) is 0 Å². The minimum absolute atomic E-state index is 0.0742. The Hall–Kier alpha value is -2.14. The van der Waals surface area contributed by atoms with Crippen molar-refractivity contribution in [2.45, 2.75) is 6.92 Å². The Morgan fingerprint density at radius 1 is 1.44 bits per heavy atom. The summed E-state index contributed by atoms with van der Waals surface area (Å²) >= 11 is 0. The molecule has 1 aromatic carbocycles. The molecular weight excluding hydrogens is 230 g/mol. The number of ether oxygens (including phenoxy) is 1. The van der Waals surface area contributed by atoms with E-state index in [0.717, 1.165) is 16.9 Å². The molecule has 2 aromatic rings. The minimum atomic E-state index is -0.154. The molecule has 94 valence electrons. The van der Waals surface area contributed by atoms with Crippen LogP contribution in [-0.4, -0.2) is 29.3 Å². The lowest BCUT2D eigenvalue weighted by Gasteiger charge is -2.06. The molecule has 0 saturated carbocycles. The lowest BCUT2D eigenvalue weighted by atomic mass is 10.1. The van der Waals surface area contributed by atoms with Gasteiger partial charge in [-0.1, -0.05) is 12.1 Å². The Bertz CT molecular complexity index is 509. The first-order valence-corrected chi connectivity index (χ1v) is 5.77. The molecule has 0 radical (unpaired) electrons. The second-order valence-corrected chi connectivity index (χ2v) is 3.74. The number of hydrogen-bond donors (Lipinski definition) is 2. The first kappa shape index (κ1) is 12.3. The van der Waals surface area contributed by atoms with Gasteiger partial charge in [0, 0.05) is 24.1 Å². The Morgan fingerprint density at radius 3 is 3.06 bits per heavy atom. The van der Waals surface area contributed by atoms with Gasteiger partial charge in [0.15, 0.2) is 0 Å². The lowest BCUT2D eigenvalue weighted by molar-refractivity contribution is -0.120. The molecule has 0 spiro atoms. The molecule has 0 fully saturated rings. The molecule has 1 amide bonds. The maximum Gasteiger partial charge on any atom is 0.250 e. The first-order chi connectivity index (χ1) is 8.79. The van der Waals surface area contributed by atoms with E-state index >= 15 is 0 Å². The van der Waals surface area contributed by atoms with Crippen molar-refractivity contribution < 1.29 is 9.53 Å². The summed E-state index contributed by atoms with van der Waals surface area (Å²) in [6.45, 7) is 2.46. The molecule has 0 aliphatic rings. The molecule has 18 heavy (non-hydrogen) atoms. The molecule has 2 N–H and O–H groups in total. The van der Waals surface area contributed by atoms with Crippen molar-refractivity contribution in [3.63, 3.8) is 0 Å². The summed E-state index contributed by atoms with van der Waals surface area (Å²) < 4.78 is 5.04. The number of carbonyl (C=O) groups is 1. The van der Waals surface area contributed by atoms with Crippen molar-refractivity contribution in [2.75, 3.05) is 18.5 Å². The fourth-order valence-electron chi connectivity index (χ4n) is 1.57. The van der Waals surface area contributed by atoms with Crippen LogP contribution in [-0.2, 0) is 9.53 Å². The summed E-state index contributed by atoms with van der Waals surface area (Å²) in [6.07, 6.45) is 1.69. The van der Waals surface area contributed by atoms with Gasteiger partial charge >= 0.3 is 0 Å².